The van der Waals surface area contributed by atoms with Gasteiger partial charge in [0.2, 0.25) is 0 Å². The fourth-order valence-electron chi connectivity index (χ4n) is 1.71. The van der Waals surface area contributed by atoms with Gasteiger partial charge in [-0.1, -0.05) is 27.7 Å². The van der Waals surface area contributed by atoms with Gasteiger partial charge in [0, 0.05) is 26.2 Å². The quantitative estimate of drug-likeness (QED) is 0.665. The molecule has 1 aliphatic rings. The number of nitrogens with zero attached hydrogens (tertiary/aromatic N) is 1. The Labute approximate surface area is 82.3 Å². The molecule has 0 radical (unpaired) electrons. The van der Waals surface area contributed by atoms with Crippen molar-refractivity contribution < 1.29 is 4.74 Å². The molecule has 0 amide bonds. The Morgan fingerprint density at radius 3 is 2.38 bits per heavy atom. The Hall–Kier alpha value is -0.0800. The Morgan fingerprint density at radius 1 is 1.31 bits per heavy atom. The highest BCUT2D eigenvalue weighted by Gasteiger charge is 2.29. The average molecular weight is 185 g/mol. The highest BCUT2D eigenvalue weighted by molar-refractivity contribution is 4.83. The summed E-state index contributed by atoms with van der Waals surface area (Å²) in [5.74, 6) is 0. The molecule has 1 heterocycles. The van der Waals surface area contributed by atoms with Gasteiger partial charge in [-0.05, 0) is 11.8 Å². The van der Waals surface area contributed by atoms with Crippen LogP contribution in [0.1, 0.15) is 34.1 Å². The van der Waals surface area contributed by atoms with Gasteiger partial charge in [0.05, 0.1) is 6.10 Å². The molecule has 0 bridgehead atoms. The van der Waals surface area contributed by atoms with Crippen LogP contribution < -0.4 is 0 Å². The van der Waals surface area contributed by atoms with E-state index in [9.17, 15) is 0 Å². The topological polar surface area (TPSA) is 12.5 Å². The molecule has 0 aromatic heterocycles. The lowest BCUT2D eigenvalue weighted by Crippen LogP contribution is -2.54. The Kier molecular flexibility index (Phi) is 3.74. The fourth-order valence-corrected chi connectivity index (χ4v) is 1.71. The summed E-state index contributed by atoms with van der Waals surface area (Å²) in [4.78, 5) is 2.47. The van der Waals surface area contributed by atoms with Crippen molar-refractivity contribution in [3.63, 3.8) is 0 Å². The molecule has 2 heteroatoms. The lowest BCUT2D eigenvalue weighted by atomic mass is 9.94. The zero-order chi connectivity index (χ0) is 9.90. The number of hydrogen-bond acceptors (Lipinski definition) is 2. The molecule has 1 saturated heterocycles. The van der Waals surface area contributed by atoms with Crippen LogP contribution in [0.3, 0.4) is 0 Å². The molecule has 0 saturated carbocycles. The van der Waals surface area contributed by atoms with Crippen molar-refractivity contribution in [2.45, 2.75) is 40.2 Å². The summed E-state index contributed by atoms with van der Waals surface area (Å²) in [7, 11) is 0. The van der Waals surface area contributed by atoms with Crippen LogP contribution in [0.15, 0.2) is 0 Å². The summed E-state index contributed by atoms with van der Waals surface area (Å²) >= 11 is 0. The van der Waals surface area contributed by atoms with Crippen molar-refractivity contribution in [3.05, 3.63) is 0 Å². The lowest BCUT2D eigenvalue weighted by molar-refractivity contribution is -0.0638. The fraction of sp³-hybridized carbons (Fsp3) is 1.00. The Bertz CT molecular complexity index is 145. The molecule has 0 aromatic rings. The third kappa shape index (κ3) is 4.10. The Morgan fingerprint density at radius 2 is 1.92 bits per heavy atom. The van der Waals surface area contributed by atoms with E-state index in [1.54, 1.807) is 0 Å². The normalized spacial score (nSPS) is 20.3. The first-order chi connectivity index (χ1) is 6.01. The number of rotatable bonds is 4. The molecule has 0 aromatic carbocycles. The van der Waals surface area contributed by atoms with Gasteiger partial charge in [-0.2, -0.15) is 0 Å². The van der Waals surface area contributed by atoms with E-state index >= 15 is 0 Å². The van der Waals surface area contributed by atoms with E-state index in [1.165, 1.54) is 6.54 Å². The third-order valence-corrected chi connectivity index (χ3v) is 2.18. The lowest BCUT2D eigenvalue weighted by Gasteiger charge is -2.42. The van der Waals surface area contributed by atoms with Crippen LogP contribution in [0, 0.1) is 5.41 Å². The van der Waals surface area contributed by atoms with Crippen LogP contribution in [0.25, 0.3) is 0 Å². The van der Waals surface area contributed by atoms with Crippen LogP contribution in [-0.2, 0) is 4.74 Å². The van der Waals surface area contributed by atoms with Crippen molar-refractivity contribution in [1.82, 2.24) is 4.90 Å². The second kappa shape index (κ2) is 4.43. The van der Waals surface area contributed by atoms with E-state index in [1.807, 2.05) is 0 Å². The molecule has 2 nitrogen and oxygen atoms in total. The van der Waals surface area contributed by atoms with E-state index in [-0.39, 0.29) is 0 Å². The highest BCUT2D eigenvalue weighted by atomic mass is 16.5. The first-order valence-electron chi connectivity index (χ1n) is 5.35. The summed E-state index contributed by atoms with van der Waals surface area (Å²) in [6, 6.07) is 0. The van der Waals surface area contributed by atoms with E-state index in [4.69, 9.17) is 4.74 Å². The van der Waals surface area contributed by atoms with Crippen molar-refractivity contribution >= 4 is 0 Å². The minimum atomic E-state index is 0.426. The summed E-state index contributed by atoms with van der Waals surface area (Å²) in [6.07, 6.45) is 1.65. The molecular formula is C11H23NO. The minimum Gasteiger partial charge on any atom is -0.376 e. The number of hydrogen-bond donors (Lipinski definition) is 0. The van der Waals surface area contributed by atoms with E-state index in [0.717, 1.165) is 26.1 Å². The minimum absolute atomic E-state index is 0.426. The number of likely N-dealkylation sites (tertiary alicyclic amines) is 1. The van der Waals surface area contributed by atoms with Gasteiger partial charge in [-0.3, -0.25) is 4.90 Å². The summed E-state index contributed by atoms with van der Waals surface area (Å²) in [5, 5.41) is 0. The van der Waals surface area contributed by atoms with Crippen LogP contribution in [0.5, 0.6) is 0 Å². The molecule has 0 atom stereocenters. The van der Waals surface area contributed by atoms with Crippen LogP contribution in [0.2, 0.25) is 0 Å². The van der Waals surface area contributed by atoms with Gasteiger partial charge >= 0.3 is 0 Å². The standard InChI is InChI=1S/C11H23NO/c1-5-6-13-10-7-12(8-10)9-11(2,3)4/h10H,5-9H2,1-4H3. The second-order valence-electron chi connectivity index (χ2n) is 5.25. The van der Waals surface area contributed by atoms with Crippen LogP contribution in [-0.4, -0.2) is 37.2 Å². The SMILES string of the molecule is CCCOC1CN(CC(C)(C)C)C1. The van der Waals surface area contributed by atoms with Crippen molar-refractivity contribution in [2.24, 2.45) is 5.41 Å². The average Bonchev–Trinajstić information content (AvgIpc) is 1.91. The second-order valence-corrected chi connectivity index (χ2v) is 5.25. The van der Waals surface area contributed by atoms with Gasteiger partial charge in [0.25, 0.3) is 0 Å². The highest BCUT2D eigenvalue weighted by Crippen LogP contribution is 2.20. The molecule has 78 valence electrons. The van der Waals surface area contributed by atoms with Crippen molar-refractivity contribution in [3.8, 4) is 0 Å². The largest absolute Gasteiger partial charge is 0.376 e. The summed E-state index contributed by atoms with van der Waals surface area (Å²) in [6.45, 7) is 13.4. The maximum atomic E-state index is 5.63. The predicted molar refractivity (Wildman–Crippen MR) is 55.9 cm³/mol. The first-order valence-corrected chi connectivity index (χ1v) is 5.35. The molecule has 1 fully saturated rings. The van der Waals surface area contributed by atoms with Gasteiger partial charge in [0.15, 0.2) is 0 Å². The van der Waals surface area contributed by atoms with E-state index in [0.29, 0.717) is 11.5 Å². The third-order valence-electron chi connectivity index (χ3n) is 2.18. The summed E-state index contributed by atoms with van der Waals surface area (Å²) in [5.41, 5.74) is 0.426. The van der Waals surface area contributed by atoms with Gasteiger partial charge in [0.1, 0.15) is 0 Å². The van der Waals surface area contributed by atoms with Crippen molar-refractivity contribution in [1.29, 1.82) is 0 Å². The number of ether oxygens (including phenoxy) is 1. The predicted octanol–water partition coefficient (Wildman–Crippen LogP) is 2.14. The van der Waals surface area contributed by atoms with Crippen LogP contribution in [0.4, 0.5) is 0 Å². The molecule has 0 unspecified atom stereocenters. The molecule has 13 heavy (non-hydrogen) atoms. The maximum Gasteiger partial charge on any atom is 0.0828 e. The van der Waals surface area contributed by atoms with Gasteiger partial charge in [-0.25, -0.2) is 0 Å². The monoisotopic (exact) mass is 185 g/mol. The zero-order valence-electron chi connectivity index (χ0n) is 9.47. The molecule has 1 rings (SSSR count). The maximum absolute atomic E-state index is 5.63. The Balaban J connectivity index is 2.05. The summed E-state index contributed by atoms with van der Waals surface area (Å²) < 4.78 is 5.63. The first kappa shape index (κ1) is 11.0. The van der Waals surface area contributed by atoms with Crippen molar-refractivity contribution in [2.75, 3.05) is 26.2 Å². The van der Waals surface area contributed by atoms with E-state index < -0.39 is 0 Å². The molecule has 0 aliphatic carbocycles. The van der Waals surface area contributed by atoms with Crippen LogP contribution >= 0.6 is 0 Å². The van der Waals surface area contributed by atoms with E-state index in [2.05, 4.69) is 32.6 Å². The van der Waals surface area contributed by atoms with Gasteiger partial charge in [-0.15, -0.1) is 0 Å². The molecule has 0 spiro atoms. The van der Waals surface area contributed by atoms with Gasteiger partial charge < -0.3 is 4.74 Å². The molecule has 0 N–H and O–H groups in total. The molecule has 1 aliphatic heterocycles. The smallest absolute Gasteiger partial charge is 0.0828 e. The molecular weight excluding hydrogens is 162 g/mol. The zero-order valence-corrected chi connectivity index (χ0v) is 9.47.